The molecule has 7 nitrogen and oxygen atoms in total. The van der Waals surface area contributed by atoms with Crippen LogP contribution < -0.4 is 10.2 Å². The molecule has 132 valence electrons. The molecule has 3 heterocycles. The Morgan fingerprint density at radius 1 is 1.32 bits per heavy atom. The van der Waals surface area contributed by atoms with Crippen molar-refractivity contribution in [1.82, 2.24) is 15.5 Å². The third kappa shape index (κ3) is 2.78. The van der Waals surface area contributed by atoms with Gasteiger partial charge in [-0.2, -0.15) is 4.98 Å². The van der Waals surface area contributed by atoms with E-state index >= 15 is 0 Å². The van der Waals surface area contributed by atoms with Crippen LogP contribution in [0.2, 0.25) is 0 Å². The number of aromatic nitrogens is 2. The van der Waals surface area contributed by atoms with Gasteiger partial charge in [0.25, 0.3) is 0 Å². The number of rotatable bonds is 3. The predicted molar refractivity (Wildman–Crippen MR) is 91.2 cm³/mol. The van der Waals surface area contributed by atoms with Gasteiger partial charge in [-0.15, -0.1) is 0 Å². The normalized spacial score (nSPS) is 26.4. The number of carbonyl (C=O) groups is 1. The van der Waals surface area contributed by atoms with Crippen LogP contribution in [-0.2, 0) is 15.1 Å². The molecule has 0 unspecified atom stereocenters. The van der Waals surface area contributed by atoms with Gasteiger partial charge in [-0.05, 0) is 12.0 Å². The molecule has 2 atom stereocenters. The summed E-state index contributed by atoms with van der Waals surface area (Å²) in [5.74, 6) is 0.845. The number of ether oxygens (including phenoxy) is 1. The van der Waals surface area contributed by atoms with Crippen molar-refractivity contribution in [2.45, 2.75) is 37.8 Å². The van der Waals surface area contributed by atoms with Crippen molar-refractivity contribution in [1.29, 1.82) is 0 Å². The molecule has 2 aromatic rings. The number of amides is 1. The van der Waals surface area contributed by atoms with E-state index in [1.807, 2.05) is 49.1 Å². The van der Waals surface area contributed by atoms with Crippen molar-refractivity contribution in [2.24, 2.45) is 0 Å². The maximum absolute atomic E-state index is 12.0. The Labute approximate surface area is 146 Å². The zero-order valence-electron chi connectivity index (χ0n) is 14.4. The second-order valence-corrected chi connectivity index (χ2v) is 6.97. The minimum atomic E-state index is -0.506. The van der Waals surface area contributed by atoms with E-state index in [4.69, 9.17) is 9.26 Å². The lowest BCUT2D eigenvalue weighted by Crippen LogP contribution is -2.66. The first-order chi connectivity index (χ1) is 12.1. The predicted octanol–water partition coefficient (Wildman–Crippen LogP) is 1.81. The second-order valence-electron chi connectivity index (χ2n) is 6.97. The summed E-state index contributed by atoms with van der Waals surface area (Å²) in [7, 11) is 0. The van der Waals surface area contributed by atoms with Gasteiger partial charge in [0.2, 0.25) is 5.91 Å². The van der Waals surface area contributed by atoms with Crippen LogP contribution in [0.15, 0.2) is 34.9 Å². The molecule has 25 heavy (non-hydrogen) atoms. The van der Waals surface area contributed by atoms with Crippen LogP contribution in [0.4, 0.5) is 6.01 Å². The summed E-state index contributed by atoms with van der Waals surface area (Å²) in [5, 5.41) is 7.23. The summed E-state index contributed by atoms with van der Waals surface area (Å²) < 4.78 is 11.3. The molecule has 1 aromatic carbocycles. The Kier molecular flexibility index (Phi) is 3.95. The highest BCUT2D eigenvalue weighted by Crippen LogP contribution is 2.38. The van der Waals surface area contributed by atoms with Gasteiger partial charge in [0.15, 0.2) is 5.82 Å². The minimum Gasteiger partial charge on any atom is -0.364 e. The van der Waals surface area contributed by atoms with Gasteiger partial charge in [-0.3, -0.25) is 4.79 Å². The van der Waals surface area contributed by atoms with Crippen molar-refractivity contribution in [3.8, 4) is 0 Å². The van der Waals surface area contributed by atoms with Crippen LogP contribution in [-0.4, -0.2) is 41.8 Å². The number of piperidine rings is 1. The van der Waals surface area contributed by atoms with E-state index in [2.05, 4.69) is 15.5 Å². The molecular weight excluding hydrogens is 320 g/mol. The summed E-state index contributed by atoms with van der Waals surface area (Å²) >= 11 is 0. The van der Waals surface area contributed by atoms with E-state index in [9.17, 15) is 4.79 Å². The lowest BCUT2D eigenvalue weighted by atomic mass is 9.77. The molecule has 1 amide bonds. The SMILES string of the molecule is CC(C)c1noc(N2CC[C@@]3(c4ccccc4)NC(=O)CO[C@@H]3C2)n1. The maximum atomic E-state index is 12.0. The second kappa shape index (κ2) is 6.15. The van der Waals surface area contributed by atoms with Crippen molar-refractivity contribution in [2.75, 3.05) is 24.6 Å². The third-order valence-corrected chi connectivity index (χ3v) is 5.00. The van der Waals surface area contributed by atoms with Crippen LogP contribution >= 0.6 is 0 Å². The fraction of sp³-hybridized carbons (Fsp3) is 0.500. The van der Waals surface area contributed by atoms with Crippen molar-refractivity contribution in [3.63, 3.8) is 0 Å². The number of nitrogens with zero attached hydrogens (tertiary/aromatic N) is 3. The number of nitrogens with one attached hydrogen (secondary N) is 1. The number of benzene rings is 1. The fourth-order valence-corrected chi connectivity index (χ4v) is 3.62. The first-order valence-electron chi connectivity index (χ1n) is 8.65. The van der Waals surface area contributed by atoms with Crippen LogP contribution in [0, 0.1) is 0 Å². The van der Waals surface area contributed by atoms with Gasteiger partial charge in [-0.25, -0.2) is 0 Å². The van der Waals surface area contributed by atoms with Gasteiger partial charge < -0.3 is 19.5 Å². The Morgan fingerprint density at radius 2 is 2.12 bits per heavy atom. The average Bonchev–Trinajstić information content (AvgIpc) is 3.12. The number of anilines is 1. The van der Waals surface area contributed by atoms with Crippen molar-refractivity contribution >= 4 is 11.9 Å². The number of carbonyl (C=O) groups excluding carboxylic acids is 1. The Hall–Kier alpha value is -2.41. The van der Waals surface area contributed by atoms with Gasteiger partial charge in [0, 0.05) is 12.5 Å². The highest BCUT2D eigenvalue weighted by Gasteiger charge is 2.49. The maximum Gasteiger partial charge on any atom is 0.324 e. The van der Waals surface area contributed by atoms with Crippen LogP contribution in [0.5, 0.6) is 0 Å². The van der Waals surface area contributed by atoms with Gasteiger partial charge >= 0.3 is 6.01 Å². The van der Waals surface area contributed by atoms with E-state index in [1.54, 1.807) is 0 Å². The Morgan fingerprint density at radius 3 is 2.84 bits per heavy atom. The number of fused-ring (bicyclic) bond motifs is 1. The minimum absolute atomic E-state index is 0.0755. The van der Waals surface area contributed by atoms with Gasteiger partial charge in [0.1, 0.15) is 12.7 Å². The lowest BCUT2D eigenvalue weighted by Gasteiger charge is -2.50. The zero-order valence-corrected chi connectivity index (χ0v) is 14.4. The molecule has 2 fully saturated rings. The summed E-state index contributed by atoms with van der Waals surface area (Å²) in [5.41, 5.74) is 0.565. The molecule has 4 rings (SSSR count). The largest absolute Gasteiger partial charge is 0.364 e. The van der Waals surface area contributed by atoms with E-state index in [0.29, 0.717) is 31.3 Å². The number of hydrogen-bond donors (Lipinski definition) is 1. The standard InChI is InChI=1S/C18H22N4O3/c1-12(2)16-19-17(25-21-16)22-9-8-18(13-6-4-3-5-7-13)14(10-22)24-11-15(23)20-18/h3-7,12,14H,8-11H2,1-2H3,(H,20,23)/t14-,18+/m1/s1. The Bertz CT molecular complexity index is 761. The number of hydrogen-bond acceptors (Lipinski definition) is 6. The van der Waals surface area contributed by atoms with Crippen LogP contribution in [0.1, 0.15) is 37.6 Å². The fourth-order valence-electron chi connectivity index (χ4n) is 3.62. The molecular formula is C18H22N4O3. The average molecular weight is 342 g/mol. The lowest BCUT2D eigenvalue weighted by molar-refractivity contribution is -0.146. The molecule has 1 N–H and O–H groups in total. The number of morpholine rings is 1. The van der Waals surface area contributed by atoms with Gasteiger partial charge in [-0.1, -0.05) is 49.3 Å². The molecule has 1 aromatic heterocycles. The summed E-state index contributed by atoms with van der Waals surface area (Å²) in [6, 6.07) is 10.6. The quantitative estimate of drug-likeness (QED) is 0.916. The summed E-state index contributed by atoms with van der Waals surface area (Å²) in [6.45, 7) is 5.44. The Balaban J connectivity index is 1.62. The van der Waals surface area contributed by atoms with E-state index < -0.39 is 5.54 Å². The summed E-state index contributed by atoms with van der Waals surface area (Å²) in [4.78, 5) is 18.6. The molecule has 0 spiro atoms. The third-order valence-electron chi connectivity index (χ3n) is 5.00. The topological polar surface area (TPSA) is 80.5 Å². The van der Waals surface area contributed by atoms with E-state index in [0.717, 1.165) is 5.56 Å². The van der Waals surface area contributed by atoms with E-state index in [-0.39, 0.29) is 24.5 Å². The van der Waals surface area contributed by atoms with Gasteiger partial charge in [0.05, 0.1) is 12.1 Å². The van der Waals surface area contributed by atoms with Crippen molar-refractivity contribution < 1.29 is 14.1 Å². The van der Waals surface area contributed by atoms with Crippen LogP contribution in [0.3, 0.4) is 0 Å². The molecule has 0 aliphatic carbocycles. The first-order valence-corrected chi connectivity index (χ1v) is 8.65. The molecule has 7 heteroatoms. The first kappa shape index (κ1) is 16.1. The molecule has 0 saturated carbocycles. The smallest absolute Gasteiger partial charge is 0.324 e. The van der Waals surface area contributed by atoms with Crippen LogP contribution in [0.25, 0.3) is 0 Å². The zero-order chi connectivity index (χ0) is 17.4. The van der Waals surface area contributed by atoms with E-state index in [1.165, 1.54) is 0 Å². The monoisotopic (exact) mass is 342 g/mol. The highest BCUT2D eigenvalue weighted by molar-refractivity contribution is 5.79. The molecule has 2 aliphatic heterocycles. The molecule has 2 saturated heterocycles. The molecule has 0 bridgehead atoms. The highest BCUT2D eigenvalue weighted by atomic mass is 16.5. The van der Waals surface area contributed by atoms with Crippen molar-refractivity contribution in [3.05, 3.63) is 41.7 Å². The molecule has 0 radical (unpaired) electrons. The molecule has 2 aliphatic rings. The summed E-state index contributed by atoms with van der Waals surface area (Å²) in [6.07, 6.45) is 0.544.